The molecule has 0 radical (unpaired) electrons. The summed E-state index contributed by atoms with van der Waals surface area (Å²) in [5.74, 6) is 1.35. The van der Waals surface area contributed by atoms with Crippen molar-refractivity contribution in [2.45, 2.75) is 52.4 Å². The number of anilines is 1. The van der Waals surface area contributed by atoms with E-state index in [9.17, 15) is 0 Å². The summed E-state index contributed by atoms with van der Waals surface area (Å²) in [5, 5.41) is 11.3. The summed E-state index contributed by atoms with van der Waals surface area (Å²) >= 11 is 0. The lowest BCUT2D eigenvalue weighted by atomic mass is 9.78. The monoisotopic (exact) mass is 266 g/mol. The summed E-state index contributed by atoms with van der Waals surface area (Å²) in [5.41, 5.74) is 5.88. The summed E-state index contributed by atoms with van der Waals surface area (Å²) in [7, 11) is 0. The van der Waals surface area contributed by atoms with Crippen LogP contribution in [0.1, 0.15) is 51.8 Å². The third-order valence-electron chi connectivity index (χ3n) is 3.95. The summed E-state index contributed by atoms with van der Waals surface area (Å²) in [6.45, 7) is 6.08. The minimum Gasteiger partial charge on any atom is -0.408 e. The van der Waals surface area contributed by atoms with E-state index in [2.05, 4.69) is 29.4 Å². The molecule has 1 saturated carbocycles. The van der Waals surface area contributed by atoms with Gasteiger partial charge in [-0.1, -0.05) is 31.8 Å². The Morgan fingerprint density at radius 1 is 1.32 bits per heavy atom. The van der Waals surface area contributed by atoms with Gasteiger partial charge in [0.15, 0.2) is 0 Å². The highest BCUT2D eigenvalue weighted by Gasteiger charge is 2.34. The molecule has 1 heterocycles. The van der Waals surface area contributed by atoms with Gasteiger partial charge >= 0.3 is 6.01 Å². The van der Waals surface area contributed by atoms with Crippen LogP contribution >= 0.6 is 0 Å². The van der Waals surface area contributed by atoms with Crippen molar-refractivity contribution >= 4 is 6.01 Å². The highest BCUT2D eigenvalue weighted by Crippen LogP contribution is 2.43. The van der Waals surface area contributed by atoms with Crippen molar-refractivity contribution in [1.82, 2.24) is 10.2 Å². The predicted molar refractivity (Wildman–Crippen MR) is 75.9 cm³/mol. The summed E-state index contributed by atoms with van der Waals surface area (Å²) in [6.07, 6.45) is 7.22. The van der Waals surface area contributed by atoms with Crippen molar-refractivity contribution in [3.05, 3.63) is 5.89 Å². The van der Waals surface area contributed by atoms with E-state index in [0.29, 0.717) is 30.3 Å². The van der Waals surface area contributed by atoms with Gasteiger partial charge in [0.25, 0.3) is 0 Å². The van der Waals surface area contributed by atoms with Crippen LogP contribution < -0.4 is 11.1 Å². The fourth-order valence-corrected chi connectivity index (χ4v) is 3.26. The fraction of sp³-hybridized carbons (Fsp3) is 0.857. The molecule has 0 bridgehead atoms. The minimum absolute atomic E-state index is 0.413. The van der Waals surface area contributed by atoms with E-state index in [1.807, 2.05) is 0 Å². The molecule has 1 fully saturated rings. The van der Waals surface area contributed by atoms with Gasteiger partial charge < -0.3 is 15.5 Å². The largest absolute Gasteiger partial charge is 0.408 e. The third-order valence-corrected chi connectivity index (χ3v) is 3.95. The van der Waals surface area contributed by atoms with E-state index in [0.717, 1.165) is 12.5 Å². The van der Waals surface area contributed by atoms with Crippen LogP contribution in [-0.4, -0.2) is 23.3 Å². The first-order chi connectivity index (χ1) is 9.13. The smallest absolute Gasteiger partial charge is 0.315 e. The molecule has 1 aromatic heterocycles. The van der Waals surface area contributed by atoms with Crippen molar-refractivity contribution in [3.8, 4) is 0 Å². The second kappa shape index (κ2) is 6.37. The predicted octanol–water partition coefficient (Wildman–Crippen LogP) is 2.59. The zero-order valence-corrected chi connectivity index (χ0v) is 12.1. The SMILES string of the molecule is CC(C)CC1(CNc2nnc(CCN)o2)CCCC1. The lowest BCUT2D eigenvalue weighted by molar-refractivity contribution is 0.250. The molecule has 0 saturated heterocycles. The normalized spacial score (nSPS) is 18.1. The Labute approximate surface area is 115 Å². The molecular formula is C14H26N4O. The number of nitrogens with one attached hydrogen (secondary N) is 1. The van der Waals surface area contributed by atoms with Crippen LogP contribution in [0.15, 0.2) is 4.42 Å². The van der Waals surface area contributed by atoms with Gasteiger partial charge in [0.05, 0.1) is 0 Å². The van der Waals surface area contributed by atoms with Crippen LogP contribution in [0.3, 0.4) is 0 Å². The maximum absolute atomic E-state index is 5.52. The van der Waals surface area contributed by atoms with Gasteiger partial charge in [-0.2, -0.15) is 0 Å². The van der Waals surface area contributed by atoms with Gasteiger partial charge in [0, 0.05) is 19.5 Å². The van der Waals surface area contributed by atoms with E-state index in [1.165, 1.54) is 32.1 Å². The van der Waals surface area contributed by atoms with Crippen molar-refractivity contribution in [2.24, 2.45) is 17.1 Å². The van der Waals surface area contributed by atoms with Crippen LogP contribution in [0, 0.1) is 11.3 Å². The number of hydrogen-bond acceptors (Lipinski definition) is 5. The Kier molecular flexibility index (Phi) is 4.80. The number of nitrogens with zero attached hydrogens (tertiary/aromatic N) is 2. The van der Waals surface area contributed by atoms with Crippen LogP contribution in [-0.2, 0) is 6.42 Å². The zero-order chi connectivity index (χ0) is 13.7. The standard InChI is InChI=1S/C14H26N4O/c1-11(2)9-14(6-3-4-7-14)10-16-13-18-17-12(19-13)5-8-15/h11H,3-10,15H2,1-2H3,(H,16,18). The first kappa shape index (κ1) is 14.3. The van der Waals surface area contributed by atoms with Gasteiger partial charge in [0.2, 0.25) is 5.89 Å². The number of aromatic nitrogens is 2. The number of rotatable bonds is 7. The molecule has 0 unspecified atom stereocenters. The van der Waals surface area contributed by atoms with E-state index >= 15 is 0 Å². The molecule has 0 atom stereocenters. The maximum Gasteiger partial charge on any atom is 0.315 e. The van der Waals surface area contributed by atoms with Crippen molar-refractivity contribution < 1.29 is 4.42 Å². The molecule has 0 aliphatic heterocycles. The Morgan fingerprint density at radius 3 is 2.68 bits per heavy atom. The Balaban J connectivity index is 1.90. The zero-order valence-electron chi connectivity index (χ0n) is 12.1. The van der Waals surface area contributed by atoms with E-state index in [4.69, 9.17) is 10.2 Å². The van der Waals surface area contributed by atoms with Crippen molar-refractivity contribution in [1.29, 1.82) is 0 Å². The molecule has 1 aliphatic carbocycles. The van der Waals surface area contributed by atoms with Crippen LogP contribution in [0.25, 0.3) is 0 Å². The van der Waals surface area contributed by atoms with Crippen molar-refractivity contribution in [2.75, 3.05) is 18.4 Å². The molecule has 5 nitrogen and oxygen atoms in total. The molecule has 0 aromatic carbocycles. The molecule has 0 amide bonds. The second-order valence-corrected chi connectivity index (χ2v) is 6.20. The van der Waals surface area contributed by atoms with Crippen LogP contribution in [0.5, 0.6) is 0 Å². The number of hydrogen-bond donors (Lipinski definition) is 2. The number of nitrogens with two attached hydrogens (primary N) is 1. The average molecular weight is 266 g/mol. The Morgan fingerprint density at radius 2 is 2.05 bits per heavy atom. The lowest BCUT2D eigenvalue weighted by Gasteiger charge is -2.30. The first-order valence-corrected chi connectivity index (χ1v) is 7.40. The molecule has 1 aliphatic rings. The molecular weight excluding hydrogens is 240 g/mol. The van der Waals surface area contributed by atoms with Crippen molar-refractivity contribution in [3.63, 3.8) is 0 Å². The lowest BCUT2D eigenvalue weighted by Crippen LogP contribution is -2.28. The second-order valence-electron chi connectivity index (χ2n) is 6.20. The van der Waals surface area contributed by atoms with Crippen LogP contribution in [0.4, 0.5) is 6.01 Å². The molecule has 108 valence electrons. The third kappa shape index (κ3) is 3.93. The molecule has 2 rings (SSSR count). The highest BCUT2D eigenvalue weighted by atomic mass is 16.4. The molecule has 19 heavy (non-hydrogen) atoms. The quantitative estimate of drug-likeness (QED) is 0.793. The summed E-state index contributed by atoms with van der Waals surface area (Å²) < 4.78 is 5.52. The van der Waals surface area contributed by atoms with E-state index in [-0.39, 0.29) is 0 Å². The fourth-order valence-electron chi connectivity index (χ4n) is 3.26. The molecule has 3 N–H and O–H groups in total. The highest BCUT2D eigenvalue weighted by molar-refractivity contribution is 5.18. The maximum atomic E-state index is 5.52. The van der Waals surface area contributed by atoms with Gasteiger partial charge in [0.1, 0.15) is 0 Å². The summed E-state index contributed by atoms with van der Waals surface area (Å²) in [6, 6.07) is 0.540. The van der Waals surface area contributed by atoms with Gasteiger partial charge in [-0.15, -0.1) is 5.10 Å². The Hall–Kier alpha value is -1.10. The molecule has 0 spiro atoms. The van der Waals surface area contributed by atoms with Gasteiger partial charge in [-0.3, -0.25) is 0 Å². The molecule has 1 aromatic rings. The average Bonchev–Trinajstić information content (AvgIpc) is 2.97. The van der Waals surface area contributed by atoms with E-state index < -0.39 is 0 Å². The van der Waals surface area contributed by atoms with Crippen LogP contribution in [0.2, 0.25) is 0 Å². The molecule has 5 heteroatoms. The topological polar surface area (TPSA) is 77.0 Å². The minimum atomic E-state index is 0.413. The van der Waals surface area contributed by atoms with Gasteiger partial charge in [-0.25, -0.2) is 0 Å². The first-order valence-electron chi connectivity index (χ1n) is 7.40. The Bertz CT molecular complexity index is 383. The van der Waals surface area contributed by atoms with E-state index in [1.54, 1.807) is 0 Å². The van der Waals surface area contributed by atoms with Gasteiger partial charge in [-0.05, 0) is 30.6 Å². The summed E-state index contributed by atoms with van der Waals surface area (Å²) in [4.78, 5) is 0.